The van der Waals surface area contributed by atoms with E-state index in [1.165, 1.54) is 6.42 Å². The van der Waals surface area contributed by atoms with E-state index in [4.69, 9.17) is 11.6 Å². The molecule has 1 fully saturated rings. The van der Waals surface area contributed by atoms with Crippen molar-refractivity contribution >= 4 is 11.6 Å². The Kier molecular flexibility index (Phi) is 2.20. The van der Waals surface area contributed by atoms with Crippen LogP contribution in [-0.2, 0) is 0 Å². The number of aromatic nitrogens is 2. The van der Waals surface area contributed by atoms with Crippen molar-refractivity contribution < 1.29 is 4.39 Å². The third-order valence-corrected chi connectivity index (χ3v) is 2.71. The Morgan fingerprint density at radius 1 is 1.38 bits per heavy atom. The molecule has 1 aliphatic carbocycles. The summed E-state index contributed by atoms with van der Waals surface area (Å²) >= 11 is 5.62. The van der Waals surface area contributed by atoms with Gasteiger partial charge in [-0.25, -0.2) is 14.4 Å². The van der Waals surface area contributed by atoms with Crippen molar-refractivity contribution in [2.75, 3.05) is 0 Å². The highest BCUT2D eigenvalue weighted by atomic mass is 35.5. The number of nitrogens with zero attached hydrogens (tertiary/aromatic N) is 2. The lowest BCUT2D eigenvalue weighted by Crippen LogP contribution is -2.14. The topological polar surface area (TPSA) is 25.8 Å². The summed E-state index contributed by atoms with van der Waals surface area (Å²) in [6.45, 7) is 1.62. The van der Waals surface area contributed by atoms with E-state index in [1.807, 2.05) is 0 Å². The third kappa shape index (κ3) is 1.53. The second-order valence-corrected chi connectivity index (χ2v) is 3.76. The van der Waals surface area contributed by atoms with E-state index >= 15 is 0 Å². The normalized spacial score (nSPS) is 17.2. The Labute approximate surface area is 81.2 Å². The number of hydrogen-bond acceptors (Lipinski definition) is 2. The maximum Gasteiger partial charge on any atom is 0.181 e. The number of aryl methyl sites for hydroxylation is 1. The fourth-order valence-corrected chi connectivity index (χ4v) is 1.62. The molecule has 1 saturated carbocycles. The van der Waals surface area contributed by atoms with Crippen molar-refractivity contribution in [3.8, 4) is 0 Å². The summed E-state index contributed by atoms with van der Waals surface area (Å²) in [7, 11) is 0. The van der Waals surface area contributed by atoms with Gasteiger partial charge in [-0.2, -0.15) is 0 Å². The van der Waals surface area contributed by atoms with Crippen LogP contribution in [0.2, 0.25) is 5.15 Å². The van der Waals surface area contributed by atoms with Gasteiger partial charge in [-0.3, -0.25) is 0 Å². The van der Waals surface area contributed by atoms with Crippen LogP contribution in [-0.4, -0.2) is 9.97 Å². The molecule has 0 atom stereocenters. The molecular formula is C9H10ClFN2. The van der Waals surface area contributed by atoms with Crippen molar-refractivity contribution in [3.63, 3.8) is 0 Å². The maximum absolute atomic E-state index is 13.0. The minimum absolute atomic E-state index is 0.0469. The average Bonchev–Trinajstić information content (AvgIpc) is 1.96. The Balaban J connectivity index is 2.37. The highest BCUT2D eigenvalue weighted by molar-refractivity contribution is 6.29. The largest absolute Gasteiger partial charge is 0.235 e. The van der Waals surface area contributed by atoms with Crippen molar-refractivity contribution in [2.24, 2.45) is 0 Å². The van der Waals surface area contributed by atoms with Gasteiger partial charge in [0, 0.05) is 5.92 Å². The quantitative estimate of drug-likeness (QED) is 0.652. The van der Waals surface area contributed by atoms with Crippen molar-refractivity contribution in [1.29, 1.82) is 0 Å². The zero-order valence-corrected chi connectivity index (χ0v) is 8.10. The molecular weight excluding hydrogens is 191 g/mol. The van der Waals surface area contributed by atoms with Crippen LogP contribution in [0.3, 0.4) is 0 Å². The second kappa shape index (κ2) is 3.22. The van der Waals surface area contributed by atoms with Crippen LogP contribution >= 0.6 is 11.6 Å². The van der Waals surface area contributed by atoms with Crippen molar-refractivity contribution in [2.45, 2.75) is 32.1 Å². The van der Waals surface area contributed by atoms with Gasteiger partial charge in [0.05, 0.1) is 5.69 Å². The van der Waals surface area contributed by atoms with Crippen LogP contribution < -0.4 is 0 Å². The molecule has 0 spiro atoms. The summed E-state index contributed by atoms with van der Waals surface area (Å²) in [6, 6.07) is 0. The molecule has 0 saturated heterocycles. The lowest BCUT2D eigenvalue weighted by Gasteiger charge is -2.23. The van der Waals surface area contributed by atoms with Crippen LogP contribution in [0, 0.1) is 12.7 Å². The van der Waals surface area contributed by atoms with Crippen molar-refractivity contribution in [1.82, 2.24) is 9.97 Å². The summed E-state index contributed by atoms with van der Waals surface area (Å²) < 4.78 is 13.0. The first-order valence-electron chi connectivity index (χ1n) is 4.38. The molecule has 0 bridgehead atoms. The monoisotopic (exact) mass is 200 g/mol. The van der Waals surface area contributed by atoms with Gasteiger partial charge in [-0.05, 0) is 19.8 Å². The predicted molar refractivity (Wildman–Crippen MR) is 48.3 cm³/mol. The lowest BCUT2D eigenvalue weighted by atomic mass is 9.85. The minimum atomic E-state index is -0.496. The highest BCUT2D eigenvalue weighted by Crippen LogP contribution is 2.35. The zero-order valence-electron chi connectivity index (χ0n) is 7.35. The van der Waals surface area contributed by atoms with E-state index in [2.05, 4.69) is 9.97 Å². The first-order chi connectivity index (χ1) is 6.18. The van der Waals surface area contributed by atoms with Gasteiger partial charge < -0.3 is 0 Å². The van der Waals surface area contributed by atoms with Crippen LogP contribution in [0.15, 0.2) is 0 Å². The SMILES string of the molecule is Cc1nc(C2CCC2)nc(Cl)c1F. The van der Waals surface area contributed by atoms with E-state index in [-0.39, 0.29) is 5.15 Å². The average molecular weight is 201 g/mol. The molecule has 1 heterocycles. The summed E-state index contributed by atoms with van der Waals surface area (Å²) in [5.74, 6) is 0.608. The molecule has 1 aromatic rings. The van der Waals surface area contributed by atoms with Gasteiger partial charge in [0.25, 0.3) is 0 Å². The van der Waals surface area contributed by atoms with Crippen molar-refractivity contribution in [3.05, 3.63) is 22.5 Å². The Bertz CT molecular complexity index is 313. The van der Waals surface area contributed by atoms with E-state index in [9.17, 15) is 4.39 Å². The molecule has 13 heavy (non-hydrogen) atoms. The number of rotatable bonds is 1. The van der Waals surface area contributed by atoms with Crippen LogP contribution in [0.25, 0.3) is 0 Å². The maximum atomic E-state index is 13.0. The molecule has 0 radical (unpaired) electrons. The third-order valence-electron chi connectivity index (χ3n) is 2.46. The highest BCUT2D eigenvalue weighted by Gasteiger charge is 2.23. The summed E-state index contributed by atoms with van der Waals surface area (Å²) in [5.41, 5.74) is 0.349. The lowest BCUT2D eigenvalue weighted by molar-refractivity contribution is 0.398. The minimum Gasteiger partial charge on any atom is -0.235 e. The standard InChI is InChI=1S/C9H10ClFN2/c1-5-7(11)8(10)13-9(12-5)6-3-2-4-6/h6H,2-4H2,1H3. The summed E-state index contributed by atoms with van der Waals surface area (Å²) in [4.78, 5) is 8.02. The number of hydrogen-bond donors (Lipinski definition) is 0. The molecule has 2 rings (SSSR count). The predicted octanol–water partition coefficient (Wildman–Crippen LogP) is 2.85. The Hall–Kier alpha value is -0.700. The van der Waals surface area contributed by atoms with Gasteiger partial charge >= 0.3 is 0 Å². The fraction of sp³-hybridized carbons (Fsp3) is 0.556. The molecule has 1 aromatic heterocycles. The molecule has 0 N–H and O–H groups in total. The summed E-state index contributed by atoms with van der Waals surface area (Å²) in [5, 5.41) is -0.0469. The molecule has 4 heteroatoms. The molecule has 2 nitrogen and oxygen atoms in total. The molecule has 70 valence electrons. The second-order valence-electron chi connectivity index (χ2n) is 3.40. The van der Waals surface area contributed by atoms with Crippen LogP contribution in [0.4, 0.5) is 4.39 Å². The van der Waals surface area contributed by atoms with Gasteiger partial charge in [-0.1, -0.05) is 18.0 Å². The Morgan fingerprint density at radius 2 is 2.08 bits per heavy atom. The first kappa shape index (κ1) is 8.88. The van der Waals surface area contributed by atoms with Crippen LogP contribution in [0.5, 0.6) is 0 Å². The Morgan fingerprint density at radius 3 is 2.54 bits per heavy atom. The van der Waals surface area contributed by atoms with Crippen LogP contribution in [0.1, 0.15) is 36.7 Å². The van der Waals surface area contributed by atoms with E-state index < -0.39 is 5.82 Å². The number of halogens is 2. The molecule has 0 unspecified atom stereocenters. The van der Waals surface area contributed by atoms with Gasteiger partial charge in [0.2, 0.25) is 0 Å². The molecule has 0 amide bonds. The van der Waals surface area contributed by atoms with Gasteiger partial charge in [0.1, 0.15) is 5.82 Å². The zero-order chi connectivity index (χ0) is 9.42. The molecule has 0 aromatic carbocycles. The first-order valence-corrected chi connectivity index (χ1v) is 4.76. The van der Waals surface area contributed by atoms with Gasteiger partial charge in [0.15, 0.2) is 11.0 Å². The van der Waals surface area contributed by atoms with E-state index in [0.717, 1.165) is 12.8 Å². The summed E-state index contributed by atoms with van der Waals surface area (Å²) in [6.07, 6.45) is 3.41. The molecule has 1 aliphatic rings. The van der Waals surface area contributed by atoms with E-state index in [1.54, 1.807) is 6.92 Å². The van der Waals surface area contributed by atoms with Gasteiger partial charge in [-0.15, -0.1) is 0 Å². The fourth-order valence-electron chi connectivity index (χ4n) is 1.39. The smallest absolute Gasteiger partial charge is 0.181 e. The van der Waals surface area contributed by atoms with E-state index in [0.29, 0.717) is 17.4 Å². The molecule has 0 aliphatic heterocycles.